The van der Waals surface area contributed by atoms with Crippen LogP contribution in [0.1, 0.15) is 32.1 Å². The van der Waals surface area contributed by atoms with E-state index in [1.54, 1.807) is 6.07 Å². The van der Waals surface area contributed by atoms with Gasteiger partial charge in [-0.2, -0.15) is 4.98 Å². The average molecular weight is 296 g/mol. The first-order valence-electron chi connectivity index (χ1n) is 6.69. The van der Waals surface area contributed by atoms with E-state index >= 15 is 0 Å². The Morgan fingerprint density at radius 1 is 1.50 bits per heavy atom. The summed E-state index contributed by atoms with van der Waals surface area (Å²) in [5.41, 5.74) is 0.422. The van der Waals surface area contributed by atoms with Gasteiger partial charge in [-0.05, 0) is 44.0 Å². The molecule has 20 heavy (non-hydrogen) atoms. The lowest BCUT2D eigenvalue weighted by Gasteiger charge is -2.22. The van der Waals surface area contributed by atoms with Gasteiger partial charge in [0.05, 0.1) is 10.6 Å². The minimum absolute atomic E-state index is 0.0537. The Morgan fingerprint density at radius 2 is 2.35 bits per heavy atom. The van der Waals surface area contributed by atoms with E-state index in [0.29, 0.717) is 17.3 Å². The lowest BCUT2D eigenvalue weighted by molar-refractivity contribution is 0.250. The van der Waals surface area contributed by atoms with Crippen LogP contribution < -0.4 is 5.32 Å². The fourth-order valence-electron chi connectivity index (χ4n) is 2.61. The second-order valence-electron chi connectivity index (χ2n) is 5.02. The Bertz CT molecular complexity index is 623. The van der Waals surface area contributed by atoms with Crippen LogP contribution >= 0.6 is 11.6 Å². The van der Waals surface area contributed by atoms with Crippen LogP contribution in [0.15, 0.2) is 22.7 Å². The summed E-state index contributed by atoms with van der Waals surface area (Å²) in [7, 11) is 0. The van der Waals surface area contributed by atoms with Crippen LogP contribution in [0.25, 0.3) is 11.4 Å². The Kier molecular flexibility index (Phi) is 3.48. The molecule has 0 bridgehead atoms. The summed E-state index contributed by atoms with van der Waals surface area (Å²) in [6, 6.07) is 4.40. The van der Waals surface area contributed by atoms with E-state index in [-0.39, 0.29) is 10.6 Å². The number of nitrogens with one attached hydrogen (secondary N) is 1. The Labute approximate surface area is 121 Å². The van der Waals surface area contributed by atoms with Crippen molar-refractivity contribution in [2.24, 2.45) is 0 Å². The van der Waals surface area contributed by atoms with Crippen LogP contribution in [0.2, 0.25) is 5.02 Å². The van der Waals surface area contributed by atoms with Gasteiger partial charge in [0.1, 0.15) is 5.82 Å². The lowest BCUT2D eigenvalue weighted by Crippen LogP contribution is -2.36. The quantitative estimate of drug-likeness (QED) is 0.941. The number of hydrogen-bond acceptors (Lipinski definition) is 4. The van der Waals surface area contributed by atoms with Crippen molar-refractivity contribution in [3.8, 4) is 11.4 Å². The predicted molar refractivity (Wildman–Crippen MR) is 73.9 cm³/mol. The van der Waals surface area contributed by atoms with Crippen LogP contribution in [0.4, 0.5) is 4.39 Å². The number of rotatable bonds is 3. The van der Waals surface area contributed by atoms with Gasteiger partial charge >= 0.3 is 0 Å². The number of halogens is 2. The van der Waals surface area contributed by atoms with Gasteiger partial charge < -0.3 is 9.84 Å². The van der Waals surface area contributed by atoms with E-state index in [1.165, 1.54) is 12.1 Å². The molecule has 0 radical (unpaired) electrons. The van der Waals surface area contributed by atoms with Crippen molar-refractivity contribution < 1.29 is 8.91 Å². The highest BCUT2D eigenvalue weighted by molar-refractivity contribution is 6.31. The first-order chi connectivity index (χ1) is 9.64. The number of aromatic nitrogens is 2. The normalized spacial score (nSPS) is 22.4. The van der Waals surface area contributed by atoms with Gasteiger partial charge in [-0.15, -0.1) is 0 Å². The third kappa shape index (κ3) is 2.21. The van der Waals surface area contributed by atoms with Crippen LogP contribution in [-0.4, -0.2) is 16.7 Å². The molecule has 106 valence electrons. The molecule has 0 spiro atoms. The van der Waals surface area contributed by atoms with E-state index in [0.717, 1.165) is 25.8 Å². The molecule has 1 aliphatic rings. The van der Waals surface area contributed by atoms with E-state index in [1.807, 2.05) is 0 Å². The van der Waals surface area contributed by atoms with Gasteiger partial charge in [-0.1, -0.05) is 23.7 Å². The fourth-order valence-corrected chi connectivity index (χ4v) is 2.79. The average Bonchev–Trinajstić information content (AvgIpc) is 3.10. The third-order valence-corrected chi connectivity index (χ3v) is 4.15. The summed E-state index contributed by atoms with van der Waals surface area (Å²) in [4.78, 5) is 4.45. The summed E-state index contributed by atoms with van der Waals surface area (Å²) >= 11 is 5.78. The van der Waals surface area contributed by atoms with Gasteiger partial charge in [0, 0.05) is 5.56 Å². The molecule has 0 amide bonds. The minimum atomic E-state index is -0.457. The molecule has 1 aromatic heterocycles. The van der Waals surface area contributed by atoms with Crippen molar-refractivity contribution >= 4 is 11.6 Å². The standard InChI is InChI=1S/C14H15ClFN3O/c1-2-14(6-3-7-17-14)13-18-12(19-20-13)9-4-5-11(16)10(15)8-9/h4-5,8,17H,2-3,6-7H2,1H3. The van der Waals surface area contributed by atoms with E-state index in [4.69, 9.17) is 16.1 Å². The molecule has 0 aliphatic carbocycles. The molecule has 3 rings (SSSR count). The predicted octanol–water partition coefficient (Wildman–Crippen LogP) is 3.52. The summed E-state index contributed by atoms with van der Waals surface area (Å²) in [6.45, 7) is 3.05. The largest absolute Gasteiger partial charge is 0.337 e. The van der Waals surface area contributed by atoms with Crippen LogP contribution in [0.5, 0.6) is 0 Å². The first kappa shape index (κ1) is 13.5. The molecular weight excluding hydrogens is 281 g/mol. The molecule has 2 aromatic rings. The van der Waals surface area contributed by atoms with Crippen molar-refractivity contribution in [3.63, 3.8) is 0 Å². The zero-order chi connectivity index (χ0) is 14.2. The molecule has 6 heteroatoms. The Hall–Kier alpha value is -1.46. The molecule has 0 saturated carbocycles. The Balaban J connectivity index is 1.95. The molecule has 1 aliphatic heterocycles. The van der Waals surface area contributed by atoms with Gasteiger partial charge in [-0.3, -0.25) is 0 Å². The van der Waals surface area contributed by atoms with Crippen molar-refractivity contribution in [3.05, 3.63) is 34.9 Å². The minimum Gasteiger partial charge on any atom is -0.337 e. The summed E-state index contributed by atoms with van der Waals surface area (Å²) < 4.78 is 18.6. The molecular formula is C14H15ClFN3O. The maximum atomic E-state index is 13.2. The zero-order valence-electron chi connectivity index (χ0n) is 11.1. The second kappa shape index (κ2) is 5.14. The maximum absolute atomic E-state index is 13.2. The SMILES string of the molecule is CCC1(c2nc(-c3ccc(F)c(Cl)c3)no2)CCCN1. The van der Waals surface area contributed by atoms with Crippen molar-refractivity contribution in [1.82, 2.24) is 15.5 Å². The van der Waals surface area contributed by atoms with E-state index < -0.39 is 5.82 Å². The third-order valence-electron chi connectivity index (χ3n) is 3.86. The molecule has 1 N–H and O–H groups in total. The fraction of sp³-hybridized carbons (Fsp3) is 0.429. The second-order valence-corrected chi connectivity index (χ2v) is 5.43. The zero-order valence-corrected chi connectivity index (χ0v) is 11.9. The summed E-state index contributed by atoms with van der Waals surface area (Å²) in [5.74, 6) is 0.568. The number of nitrogens with zero attached hydrogens (tertiary/aromatic N) is 2. The topological polar surface area (TPSA) is 51.0 Å². The highest BCUT2D eigenvalue weighted by Crippen LogP contribution is 2.34. The van der Waals surface area contributed by atoms with E-state index in [2.05, 4.69) is 22.4 Å². The van der Waals surface area contributed by atoms with Gasteiger partial charge in [0.25, 0.3) is 0 Å². The number of benzene rings is 1. The first-order valence-corrected chi connectivity index (χ1v) is 7.07. The maximum Gasteiger partial charge on any atom is 0.247 e. The van der Waals surface area contributed by atoms with Gasteiger partial charge in [-0.25, -0.2) is 4.39 Å². The van der Waals surface area contributed by atoms with Gasteiger partial charge in [0.15, 0.2) is 0 Å². The molecule has 2 heterocycles. The van der Waals surface area contributed by atoms with Crippen molar-refractivity contribution in [2.75, 3.05) is 6.54 Å². The molecule has 1 unspecified atom stereocenters. The monoisotopic (exact) mass is 295 g/mol. The Morgan fingerprint density at radius 3 is 3.00 bits per heavy atom. The molecule has 1 aromatic carbocycles. The molecule has 1 fully saturated rings. The lowest BCUT2D eigenvalue weighted by atomic mass is 9.94. The molecule has 1 atom stereocenters. The van der Waals surface area contributed by atoms with E-state index in [9.17, 15) is 4.39 Å². The summed E-state index contributed by atoms with van der Waals surface area (Å²) in [5, 5.41) is 7.48. The molecule has 4 nitrogen and oxygen atoms in total. The smallest absolute Gasteiger partial charge is 0.247 e. The van der Waals surface area contributed by atoms with Crippen molar-refractivity contribution in [2.45, 2.75) is 31.7 Å². The highest BCUT2D eigenvalue weighted by Gasteiger charge is 2.38. The van der Waals surface area contributed by atoms with Gasteiger partial charge in [0.2, 0.25) is 11.7 Å². The van der Waals surface area contributed by atoms with Crippen LogP contribution in [0, 0.1) is 5.82 Å². The highest BCUT2D eigenvalue weighted by atomic mass is 35.5. The molecule has 1 saturated heterocycles. The van der Waals surface area contributed by atoms with Crippen LogP contribution in [0.3, 0.4) is 0 Å². The number of hydrogen-bond donors (Lipinski definition) is 1. The summed E-state index contributed by atoms with van der Waals surface area (Å²) in [6.07, 6.45) is 2.96. The van der Waals surface area contributed by atoms with Crippen molar-refractivity contribution in [1.29, 1.82) is 0 Å². The van der Waals surface area contributed by atoms with Crippen LogP contribution in [-0.2, 0) is 5.54 Å².